The average Bonchev–Trinajstić information content (AvgIpc) is 2.23. The van der Waals surface area contributed by atoms with E-state index in [1.54, 1.807) is 26.1 Å². The van der Waals surface area contributed by atoms with Gasteiger partial charge in [-0.3, -0.25) is 4.79 Å². The van der Waals surface area contributed by atoms with Crippen LogP contribution in [0.25, 0.3) is 0 Å². The first kappa shape index (κ1) is 17.5. The van der Waals surface area contributed by atoms with Crippen LogP contribution in [0.2, 0.25) is 0 Å². The Morgan fingerprint density at radius 1 is 1.29 bits per heavy atom. The van der Waals surface area contributed by atoms with Gasteiger partial charge >= 0.3 is 18.2 Å². The Morgan fingerprint density at radius 3 is 2.19 bits per heavy atom. The van der Waals surface area contributed by atoms with Gasteiger partial charge < -0.3 is 20.1 Å². The summed E-state index contributed by atoms with van der Waals surface area (Å²) in [6.07, 6.45) is -5.57. The van der Waals surface area contributed by atoms with Crippen molar-refractivity contribution in [3.63, 3.8) is 0 Å². The fourth-order valence-electron chi connectivity index (χ4n) is 1.85. The van der Waals surface area contributed by atoms with Crippen LogP contribution < -0.4 is 5.32 Å². The maximum atomic E-state index is 12.1. The van der Waals surface area contributed by atoms with Crippen LogP contribution in [-0.4, -0.2) is 60.0 Å². The Bertz CT molecular complexity index is 412. The van der Waals surface area contributed by atoms with E-state index >= 15 is 0 Å². The van der Waals surface area contributed by atoms with E-state index in [1.807, 2.05) is 0 Å². The lowest BCUT2D eigenvalue weighted by Gasteiger charge is -2.48. The number of aliphatic hydroxyl groups excluding tert-OH is 1. The minimum atomic E-state index is -4.97. The van der Waals surface area contributed by atoms with Crippen molar-refractivity contribution in [1.29, 1.82) is 0 Å². The summed E-state index contributed by atoms with van der Waals surface area (Å²) < 4.78 is 41.3. The van der Waals surface area contributed by atoms with Gasteiger partial charge in [-0.25, -0.2) is 4.79 Å². The van der Waals surface area contributed by atoms with Crippen LogP contribution in [0, 0.1) is 5.41 Å². The maximum Gasteiger partial charge on any atom is 0.471 e. The predicted octanol–water partition coefficient (Wildman–Crippen LogP) is 0.894. The molecule has 1 aliphatic heterocycles. The van der Waals surface area contributed by atoms with Gasteiger partial charge in [-0.05, 0) is 20.8 Å². The van der Waals surface area contributed by atoms with E-state index in [-0.39, 0.29) is 19.6 Å². The van der Waals surface area contributed by atoms with E-state index in [9.17, 15) is 27.9 Å². The molecule has 0 radical (unpaired) electrons. The molecule has 0 aromatic rings. The Labute approximate surface area is 120 Å². The number of hydrogen-bond acceptors (Lipinski definition) is 4. The number of likely N-dealkylation sites (tertiary alicyclic amines) is 1. The molecule has 0 aliphatic carbocycles. The minimum Gasteiger partial charge on any atom is -0.444 e. The van der Waals surface area contributed by atoms with Gasteiger partial charge in [0, 0.05) is 25.0 Å². The molecule has 0 aromatic carbocycles. The second-order valence-electron chi connectivity index (χ2n) is 6.17. The highest BCUT2D eigenvalue weighted by Gasteiger charge is 2.48. The van der Waals surface area contributed by atoms with Crippen LogP contribution in [0.5, 0.6) is 0 Å². The highest BCUT2D eigenvalue weighted by Crippen LogP contribution is 2.31. The van der Waals surface area contributed by atoms with Gasteiger partial charge in [0.05, 0.1) is 6.61 Å². The molecule has 21 heavy (non-hydrogen) atoms. The molecule has 0 saturated carbocycles. The first-order valence-corrected chi connectivity index (χ1v) is 6.32. The topological polar surface area (TPSA) is 78.9 Å². The SMILES string of the molecule is CC(C)(C)OC(=O)N1CC(CO)(CNC(=O)C(F)(F)F)C1. The van der Waals surface area contributed by atoms with Gasteiger partial charge in [-0.15, -0.1) is 0 Å². The molecule has 1 heterocycles. The number of carbonyl (C=O) groups excluding carboxylic acids is 2. The molecule has 0 unspecified atom stereocenters. The predicted molar refractivity (Wildman–Crippen MR) is 66.4 cm³/mol. The molecule has 6 nitrogen and oxygen atoms in total. The highest BCUT2D eigenvalue weighted by molar-refractivity contribution is 5.81. The molecule has 0 spiro atoms. The van der Waals surface area contributed by atoms with E-state index in [0.29, 0.717) is 0 Å². The first-order chi connectivity index (χ1) is 9.38. The molecular weight excluding hydrogens is 293 g/mol. The molecule has 0 aromatic heterocycles. The number of aliphatic hydroxyl groups is 1. The van der Waals surface area contributed by atoms with Gasteiger partial charge in [-0.2, -0.15) is 13.2 Å². The summed E-state index contributed by atoms with van der Waals surface area (Å²) >= 11 is 0. The van der Waals surface area contributed by atoms with Crippen molar-refractivity contribution in [2.75, 3.05) is 26.2 Å². The van der Waals surface area contributed by atoms with Crippen LogP contribution in [0.3, 0.4) is 0 Å². The Hall–Kier alpha value is -1.51. The lowest BCUT2D eigenvalue weighted by atomic mass is 9.80. The van der Waals surface area contributed by atoms with Gasteiger partial charge in [0.1, 0.15) is 5.60 Å². The number of nitrogens with one attached hydrogen (secondary N) is 1. The number of ether oxygens (including phenoxy) is 1. The number of halogens is 3. The third-order valence-electron chi connectivity index (χ3n) is 2.92. The first-order valence-electron chi connectivity index (χ1n) is 6.32. The molecule has 2 amide bonds. The van der Waals surface area contributed by atoms with Crippen LogP contribution in [0.1, 0.15) is 20.8 Å². The van der Waals surface area contributed by atoms with Gasteiger partial charge in [0.2, 0.25) is 0 Å². The molecule has 1 fully saturated rings. The molecular formula is C12H19F3N2O4. The number of nitrogens with zero attached hydrogens (tertiary/aromatic N) is 1. The van der Waals surface area contributed by atoms with Crippen LogP contribution >= 0.6 is 0 Å². The number of amides is 2. The largest absolute Gasteiger partial charge is 0.471 e. The monoisotopic (exact) mass is 312 g/mol. The van der Waals surface area contributed by atoms with Gasteiger partial charge in [-0.1, -0.05) is 0 Å². The third kappa shape index (κ3) is 4.76. The summed E-state index contributed by atoms with van der Waals surface area (Å²) in [6.45, 7) is 4.31. The summed E-state index contributed by atoms with van der Waals surface area (Å²) in [7, 11) is 0. The summed E-state index contributed by atoms with van der Waals surface area (Å²) in [4.78, 5) is 23.7. The number of alkyl halides is 3. The zero-order valence-corrected chi connectivity index (χ0v) is 12.1. The van der Waals surface area contributed by atoms with Crippen LogP contribution in [0.4, 0.5) is 18.0 Å². The van der Waals surface area contributed by atoms with Crippen molar-refractivity contribution in [2.45, 2.75) is 32.5 Å². The average molecular weight is 312 g/mol. The van der Waals surface area contributed by atoms with Crippen molar-refractivity contribution < 1.29 is 32.6 Å². The quantitative estimate of drug-likeness (QED) is 0.811. The zero-order chi connectivity index (χ0) is 16.5. The molecule has 1 saturated heterocycles. The third-order valence-corrected chi connectivity index (χ3v) is 2.92. The summed E-state index contributed by atoms with van der Waals surface area (Å²) in [5, 5.41) is 11.0. The van der Waals surface area contributed by atoms with Crippen molar-refractivity contribution in [3.05, 3.63) is 0 Å². The fraction of sp³-hybridized carbons (Fsp3) is 0.833. The number of rotatable bonds is 3. The minimum absolute atomic E-state index is 0.0244. The van der Waals surface area contributed by atoms with E-state index in [4.69, 9.17) is 4.74 Å². The van der Waals surface area contributed by atoms with E-state index < -0.39 is 35.8 Å². The summed E-state index contributed by atoms with van der Waals surface area (Å²) in [5.74, 6) is -2.06. The van der Waals surface area contributed by atoms with Gasteiger partial charge in [0.15, 0.2) is 0 Å². The van der Waals surface area contributed by atoms with Crippen molar-refractivity contribution in [1.82, 2.24) is 10.2 Å². The Morgan fingerprint density at radius 2 is 1.81 bits per heavy atom. The zero-order valence-electron chi connectivity index (χ0n) is 12.1. The molecule has 0 atom stereocenters. The summed E-state index contributed by atoms with van der Waals surface area (Å²) in [6, 6.07) is 0. The summed E-state index contributed by atoms with van der Waals surface area (Å²) in [5.41, 5.74) is -1.64. The van der Waals surface area contributed by atoms with E-state index in [2.05, 4.69) is 0 Å². The Kier molecular flexibility index (Phi) is 4.76. The molecule has 122 valence electrons. The number of carbonyl (C=O) groups is 2. The van der Waals surface area contributed by atoms with Crippen LogP contribution in [0.15, 0.2) is 0 Å². The van der Waals surface area contributed by atoms with Crippen LogP contribution in [-0.2, 0) is 9.53 Å². The standard InChI is InChI=1S/C12H19F3N2O4/c1-10(2,3)21-9(20)17-5-11(6-17,7-18)4-16-8(19)12(13,14)15/h18H,4-7H2,1-3H3,(H,16,19). The molecule has 9 heteroatoms. The molecule has 1 aliphatic rings. The maximum absolute atomic E-state index is 12.1. The van der Waals surface area contributed by atoms with E-state index in [0.717, 1.165) is 0 Å². The van der Waals surface area contributed by atoms with Crippen molar-refractivity contribution in [3.8, 4) is 0 Å². The van der Waals surface area contributed by atoms with Crippen molar-refractivity contribution >= 4 is 12.0 Å². The lowest BCUT2D eigenvalue weighted by Crippen LogP contribution is -2.65. The second kappa shape index (κ2) is 5.70. The molecule has 0 bridgehead atoms. The number of hydrogen-bond donors (Lipinski definition) is 2. The smallest absolute Gasteiger partial charge is 0.444 e. The second-order valence-corrected chi connectivity index (χ2v) is 6.17. The normalized spacial score (nSPS) is 18.0. The molecule has 1 rings (SSSR count). The van der Waals surface area contributed by atoms with Gasteiger partial charge in [0.25, 0.3) is 0 Å². The Balaban J connectivity index is 2.49. The fourth-order valence-corrected chi connectivity index (χ4v) is 1.85. The highest BCUT2D eigenvalue weighted by atomic mass is 19.4. The van der Waals surface area contributed by atoms with Crippen molar-refractivity contribution in [2.24, 2.45) is 5.41 Å². The molecule has 2 N–H and O–H groups in total. The van der Waals surface area contributed by atoms with E-state index in [1.165, 1.54) is 4.90 Å². The lowest BCUT2D eigenvalue weighted by molar-refractivity contribution is -0.174.